The van der Waals surface area contributed by atoms with E-state index in [1.807, 2.05) is 11.8 Å². The highest BCUT2D eigenvalue weighted by Crippen LogP contribution is 2.27. The zero-order chi connectivity index (χ0) is 12.6. The summed E-state index contributed by atoms with van der Waals surface area (Å²) in [7, 11) is 0. The zero-order valence-electron chi connectivity index (χ0n) is 10.4. The van der Waals surface area contributed by atoms with Crippen molar-refractivity contribution in [2.45, 2.75) is 32.7 Å². The van der Waals surface area contributed by atoms with Crippen LogP contribution in [0.5, 0.6) is 0 Å². The average molecular weight is 240 g/mol. The standard InChI is InChI=1S/C12H20N2O3/c1-8-3-5-13(7-8)12(17)14-6-4-10(9(14)2)11(15)16/h8-10H,3-7H2,1-2H3,(H,15,16). The minimum absolute atomic E-state index is 0.0191. The van der Waals surface area contributed by atoms with Crippen molar-refractivity contribution in [3.8, 4) is 0 Å². The third-order valence-electron chi connectivity index (χ3n) is 4.01. The van der Waals surface area contributed by atoms with Gasteiger partial charge in [-0.1, -0.05) is 6.92 Å². The number of nitrogens with zero attached hydrogens (tertiary/aromatic N) is 2. The number of carbonyl (C=O) groups excluding carboxylic acids is 1. The highest BCUT2D eigenvalue weighted by atomic mass is 16.4. The average Bonchev–Trinajstić information content (AvgIpc) is 2.83. The van der Waals surface area contributed by atoms with E-state index in [2.05, 4.69) is 6.92 Å². The topological polar surface area (TPSA) is 60.9 Å². The third kappa shape index (κ3) is 2.23. The Labute approximate surface area is 101 Å². The monoisotopic (exact) mass is 240 g/mol. The van der Waals surface area contributed by atoms with E-state index in [4.69, 9.17) is 5.11 Å². The van der Waals surface area contributed by atoms with Crippen molar-refractivity contribution in [1.82, 2.24) is 9.80 Å². The van der Waals surface area contributed by atoms with Gasteiger partial charge in [0.2, 0.25) is 0 Å². The second kappa shape index (κ2) is 4.55. The van der Waals surface area contributed by atoms with Crippen molar-refractivity contribution < 1.29 is 14.7 Å². The van der Waals surface area contributed by atoms with E-state index >= 15 is 0 Å². The second-order valence-corrected chi connectivity index (χ2v) is 5.29. The lowest BCUT2D eigenvalue weighted by molar-refractivity contribution is -0.142. The third-order valence-corrected chi connectivity index (χ3v) is 4.01. The van der Waals surface area contributed by atoms with Gasteiger partial charge in [-0.2, -0.15) is 0 Å². The second-order valence-electron chi connectivity index (χ2n) is 5.29. The van der Waals surface area contributed by atoms with Gasteiger partial charge in [0.05, 0.1) is 5.92 Å². The van der Waals surface area contributed by atoms with Gasteiger partial charge in [0.15, 0.2) is 0 Å². The summed E-state index contributed by atoms with van der Waals surface area (Å²) < 4.78 is 0. The Morgan fingerprint density at radius 3 is 2.35 bits per heavy atom. The first-order valence-corrected chi connectivity index (χ1v) is 6.29. The van der Waals surface area contributed by atoms with Crippen molar-refractivity contribution in [3.63, 3.8) is 0 Å². The van der Waals surface area contributed by atoms with Crippen LogP contribution in [0.1, 0.15) is 26.7 Å². The van der Waals surface area contributed by atoms with Gasteiger partial charge in [-0.25, -0.2) is 4.79 Å². The number of hydrogen-bond acceptors (Lipinski definition) is 2. The largest absolute Gasteiger partial charge is 0.481 e. The SMILES string of the molecule is CC1CCN(C(=O)N2CCC(C(=O)O)C2C)C1. The number of aliphatic carboxylic acids is 1. The summed E-state index contributed by atoms with van der Waals surface area (Å²) in [6, 6.07) is -0.165. The maximum atomic E-state index is 12.2. The molecule has 17 heavy (non-hydrogen) atoms. The molecule has 3 unspecified atom stereocenters. The van der Waals surface area contributed by atoms with Crippen molar-refractivity contribution in [3.05, 3.63) is 0 Å². The molecule has 0 aromatic heterocycles. The van der Waals surface area contributed by atoms with Gasteiger partial charge >= 0.3 is 12.0 Å². The smallest absolute Gasteiger partial charge is 0.320 e. The van der Waals surface area contributed by atoms with E-state index in [0.717, 1.165) is 19.5 Å². The lowest BCUT2D eigenvalue weighted by Crippen LogP contribution is -2.45. The maximum absolute atomic E-state index is 12.2. The molecule has 0 aliphatic carbocycles. The van der Waals surface area contributed by atoms with Crippen LogP contribution in [0.4, 0.5) is 4.79 Å². The number of carbonyl (C=O) groups is 2. The minimum atomic E-state index is -0.789. The van der Waals surface area contributed by atoms with Gasteiger partial charge in [-0.05, 0) is 25.7 Å². The Morgan fingerprint density at radius 2 is 1.88 bits per heavy atom. The van der Waals surface area contributed by atoms with Gasteiger partial charge in [0, 0.05) is 25.7 Å². The van der Waals surface area contributed by atoms with Gasteiger partial charge < -0.3 is 14.9 Å². The van der Waals surface area contributed by atoms with Crippen molar-refractivity contribution in [1.29, 1.82) is 0 Å². The number of amides is 2. The fourth-order valence-electron chi connectivity index (χ4n) is 2.83. The Hall–Kier alpha value is -1.26. The molecule has 5 nitrogen and oxygen atoms in total. The molecule has 2 amide bonds. The molecule has 1 N–H and O–H groups in total. The van der Waals surface area contributed by atoms with E-state index in [9.17, 15) is 9.59 Å². The fourth-order valence-corrected chi connectivity index (χ4v) is 2.83. The summed E-state index contributed by atoms with van der Waals surface area (Å²) in [5, 5.41) is 9.04. The molecule has 2 saturated heterocycles. The Kier molecular flexibility index (Phi) is 3.26. The van der Waals surface area contributed by atoms with Gasteiger partial charge in [-0.15, -0.1) is 0 Å². The maximum Gasteiger partial charge on any atom is 0.320 e. The Bertz CT molecular complexity index is 332. The molecule has 0 saturated carbocycles. The van der Waals surface area contributed by atoms with Gasteiger partial charge in [-0.3, -0.25) is 4.79 Å². The summed E-state index contributed by atoms with van der Waals surface area (Å²) in [5.74, 6) is -0.631. The van der Waals surface area contributed by atoms with E-state index in [1.165, 1.54) is 0 Å². The molecule has 0 aromatic rings. The predicted molar refractivity (Wildman–Crippen MR) is 62.7 cm³/mol. The van der Waals surface area contributed by atoms with E-state index in [0.29, 0.717) is 18.9 Å². The molecular formula is C12H20N2O3. The first-order valence-electron chi connectivity index (χ1n) is 6.29. The van der Waals surface area contributed by atoms with Crippen LogP contribution in [0.25, 0.3) is 0 Å². The Morgan fingerprint density at radius 1 is 1.18 bits per heavy atom. The van der Waals surface area contributed by atoms with Gasteiger partial charge in [0.25, 0.3) is 0 Å². The zero-order valence-corrected chi connectivity index (χ0v) is 10.4. The molecule has 2 fully saturated rings. The highest BCUT2D eigenvalue weighted by molar-refractivity contribution is 5.78. The molecule has 0 radical (unpaired) electrons. The lowest BCUT2D eigenvalue weighted by Gasteiger charge is -2.28. The van der Waals surface area contributed by atoms with Gasteiger partial charge in [0.1, 0.15) is 0 Å². The molecule has 2 aliphatic rings. The number of hydrogen-bond donors (Lipinski definition) is 1. The first kappa shape index (κ1) is 12.2. The molecule has 2 aliphatic heterocycles. The number of urea groups is 1. The summed E-state index contributed by atoms with van der Waals surface area (Å²) in [4.78, 5) is 26.8. The summed E-state index contributed by atoms with van der Waals surface area (Å²) in [6.45, 7) is 6.16. The van der Waals surface area contributed by atoms with Crippen LogP contribution in [0.15, 0.2) is 0 Å². The van der Waals surface area contributed by atoms with Crippen LogP contribution in [-0.2, 0) is 4.79 Å². The molecule has 3 atom stereocenters. The molecule has 0 bridgehead atoms. The van der Waals surface area contributed by atoms with Crippen molar-refractivity contribution in [2.75, 3.05) is 19.6 Å². The number of likely N-dealkylation sites (tertiary alicyclic amines) is 2. The van der Waals surface area contributed by atoms with E-state index < -0.39 is 11.9 Å². The molecule has 96 valence electrons. The molecule has 2 heterocycles. The van der Waals surface area contributed by atoms with Crippen molar-refractivity contribution in [2.24, 2.45) is 11.8 Å². The number of carboxylic acids is 1. The van der Waals surface area contributed by atoms with Crippen molar-refractivity contribution >= 4 is 12.0 Å². The van der Waals surface area contributed by atoms with Crippen LogP contribution in [-0.4, -0.2) is 52.6 Å². The molecule has 2 rings (SSSR count). The lowest BCUT2D eigenvalue weighted by atomic mass is 10.0. The summed E-state index contributed by atoms with van der Waals surface area (Å²) in [6.07, 6.45) is 1.63. The molecule has 0 aromatic carbocycles. The van der Waals surface area contributed by atoms with Crippen LogP contribution < -0.4 is 0 Å². The fraction of sp³-hybridized carbons (Fsp3) is 0.833. The van der Waals surface area contributed by atoms with Crippen LogP contribution in [0.3, 0.4) is 0 Å². The quantitative estimate of drug-likeness (QED) is 0.750. The summed E-state index contributed by atoms with van der Waals surface area (Å²) in [5.41, 5.74) is 0. The Balaban J connectivity index is 1.99. The van der Waals surface area contributed by atoms with Crippen LogP contribution >= 0.6 is 0 Å². The predicted octanol–water partition coefficient (Wildman–Crippen LogP) is 1.24. The number of carboxylic acid groups (broad SMARTS) is 1. The van der Waals surface area contributed by atoms with E-state index in [-0.39, 0.29) is 12.1 Å². The van der Waals surface area contributed by atoms with E-state index in [1.54, 1.807) is 4.90 Å². The molecular weight excluding hydrogens is 220 g/mol. The summed E-state index contributed by atoms with van der Waals surface area (Å²) >= 11 is 0. The molecule has 0 spiro atoms. The minimum Gasteiger partial charge on any atom is -0.481 e. The first-order chi connectivity index (χ1) is 8.00. The van der Waals surface area contributed by atoms with Crippen LogP contribution in [0.2, 0.25) is 0 Å². The van der Waals surface area contributed by atoms with Crippen LogP contribution in [0, 0.1) is 11.8 Å². The number of rotatable bonds is 1. The highest BCUT2D eigenvalue weighted by Gasteiger charge is 2.40. The molecule has 5 heteroatoms. The normalized spacial score (nSPS) is 33.2.